The highest BCUT2D eigenvalue weighted by atomic mass is 16.5. The first kappa shape index (κ1) is 18.9. The van der Waals surface area contributed by atoms with E-state index < -0.39 is 0 Å². The molecular formula is C21H25N3O3. The van der Waals surface area contributed by atoms with E-state index in [1.807, 2.05) is 54.6 Å². The Labute approximate surface area is 159 Å². The van der Waals surface area contributed by atoms with Gasteiger partial charge in [0.1, 0.15) is 6.42 Å². The third-order valence-electron chi connectivity index (χ3n) is 4.53. The number of nitrogens with one attached hydrogen (secondary N) is 1. The average molecular weight is 367 g/mol. The Hall–Kier alpha value is -2.86. The van der Waals surface area contributed by atoms with E-state index >= 15 is 0 Å². The summed E-state index contributed by atoms with van der Waals surface area (Å²) in [5.41, 5.74) is 2.72. The number of carbonyl (C=O) groups is 2. The number of anilines is 2. The second-order valence-corrected chi connectivity index (χ2v) is 6.58. The van der Waals surface area contributed by atoms with Crippen LogP contribution in [0, 0.1) is 0 Å². The van der Waals surface area contributed by atoms with Crippen molar-refractivity contribution in [3.8, 4) is 0 Å². The number of benzene rings is 2. The predicted molar refractivity (Wildman–Crippen MR) is 106 cm³/mol. The third-order valence-corrected chi connectivity index (χ3v) is 4.53. The number of hydrogen-bond acceptors (Lipinski definition) is 4. The fourth-order valence-electron chi connectivity index (χ4n) is 3.07. The molecule has 0 atom stereocenters. The van der Waals surface area contributed by atoms with Gasteiger partial charge < -0.3 is 19.9 Å². The molecule has 27 heavy (non-hydrogen) atoms. The van der Waals surface area contributed by atoms with E-state index in [2.05, 4.69) is 10.2 Å². The van der Waals surface area contributed by atoms with Crippen molar-refractivity contribution in [3.05, 3.63) is 60.2 Å². The van der Waals surface area contributed by atoms with Gasteiger partial charge in [-0.3, -0.25) is 9.59 Å². The monoisotopic (exact) mass is 367 g/mol. The summed E-state index contributed by atoms with van der Waals surface area (Å²) in [6, 6.07) is 17.4. The van der Waals surface area contributed by atoms with Crippen molar-refractivity contribution in [3.63, 3.8) is 0 Å². The summed E-state index contributed by atoms with van der Waals surface area (Å²) in [5, 5.41) is 2.89. The Kier molecular flexibility index (Phi) is 6.44. The van der Waals surface area contributed by atoms with Gasteiger partial charge in [-0.1, -0.05) is 42.5 Å². The summed E-state index contributed by atoms with van der Waals surface area (Å²) in [4.78, 5) is 28.5. The second-order valence-electron chi connectivity index (χ2n) is 6.58. The van der Waals surface area contributed by atoms with Crippen LogP contribution in [0.25, 0.3) is 0 Å². The normalized spacial score (nSPS) is 13.9. The van der Waals surface area contributed by atoms with E-state index in [9.17, 15) is 9.59 Å². The number of carbonyl (C=O) groups excluding carboxylic acids is 2. The molecule has 6 heteroatoms. The van der Waals surface area contributed by atoms with E-state index in [-0.39, 0.29) is 18.2 Å². The van der Waals surface area contributed by atoms with Crippen molar-refractivity contribution in [2.24, 2.45) is 0 Å². The summed E-state index contributed by atoms with van der Waals surface area (Å²) in [7, 11) is 1.71. The van der Waals surface area contributed by atoms with Crippen LogP contribution in [-0.4, -0.2) is 50.1 Å². The highest BCUT2D eigenvalue weighted by molar-refractivity contribution is 6.04. The topological polar surface area (TPSA) is 61.9 Å². The van der Waals surface area contributed by atoms with Crippen LogP contribution in [0.3, 0.4) is 0 Å². The lowest BCUT2D eigenvalue weighted by Crippen LogP contribution is -2.37. The lowest BCUT2D eigenvalue weighted by Gasteiger charge is -2.30. The van der Waals surface area contributed by atoms with Gasteiger partial charge in [-0.05, 0) is 17.7 Å². The van der Waals surface area contributed by atoms with Gasteiger partial charge in [-0.2, -0.15) is 0 Å². The summed E-state index contributed by atoms with van der Waals surface area (Å²) >= 11 is 0. The molecule has 0 saturated carbocycles. The minimum Gasteiger partial charge on any atom is -0.378 e. The van der Waals surface area contributed by atoms with Crippen LogP contribution in [0.2, 0.25) is 0 Å². The molecule has 6 nitrogen and oxygen atoms in total. The number of rotatable bonds is 6. The number of nitrogens with zero attached hydrogens (tertiary/aromatic N) is 2. The minimum absolute atomic E-state index is 0.180. The molecule has 0 unspecified atom stereocenters. The molecule has 2 aromatic carbocycles. The smallest absolute Gasteiger partial charge is 0.233 e. The van der Waals surface area contributed by atoms with Crippen LogP contribution in [-0.2, 0) is 20.9 Å². The van der Waals surface area contributed by atoms with Gasteiger partial charge in [-0.15, -0.1) is 0 Å². The summed E-state index contributed by atoms with van der Waals surface area (Å²) in [6.45, 7) is 3.39. The molecule has 0 spiro atoms. The van der Waals surface area contributed by atoms with Crippen molar-refractivity contribution in [1.82, 2.24) is 4.90 Å². The van der Waals surface area contributed by atoms with Crippen LogP contribution in [0.5, 0.6) is 0 Å². The van der Waals surface area contributed by atoms with Crippen LogP contribution < -0.4 is 10.2 Å². The molecule has 1 aliphatic heterocycles. The molecule has 1 aliphatic rings. The number of amides is 2. The first-order valence-corrected chi connectivity index (χ1v) is 9.13. The van der Waals surface area contributed by atoms with Crippen molar-refractivity contribution >= 4 is 23.2 Å². The summed E-state index contributed by atoms with van der Waals surface area (Å²) in [5.74, 6) is -0.513. The largest absolute Gasteiger partial charge is 0.378 e. The molecule has 2 aromatic rings. The zero-order valence-corrected chi connectivity index (χ0v) is 15.6. The minimum atomic E-state index is -0.305. The van der Waals surface area contributed by atoms with Crippen LogP contribution in [0.15, 0.2) is 54.6 Å². The maximum absolute atomic E-state index is 12.4. The SMILES string of the molecule is CN(Cc1ccccc1)C(=O)CC(=O)Nc1ccccc1N1CCOCC1. The molecule has 1 fully saturated rings. The highest BCUT2D eigenvalue weighted by Crippen LogP contribution is 2.26. The number of hydrogen-bond donors (Lipinski definition) is 1. The van der Waals surface area contributed by atoms with Gasteiger partial charge in [0.05, 0.1) is 24.6 Å². The average Bonchev–Trinajstić information content (AvgIpc) is 2.69. The Bertz CT molecular complexity index is 773. The van der Waals surface area contributed by atoms with Gasteiger partial charge in [0.2, 0.25) is 11.8 Å². The zero-order valence-electron chi connectivity index (χ0n) is 15.6. The fourth-order valence-corrected chi connectivity index (χ4v) is 3.07. The van der Waals surface area contributed by atoms with E-state index in [0.29, 0.717) is 19.8 Å². The first-order valence-electron chi connectivity index (χ1n) is 9.13. The second kappa shape index (κ2) is 9.19. The number of para-hydroxylation sites is 2. The molecule has 0 aliphatic carbocycles. The Morgan fingerprint density at radius 1 is 1.04 bits per heavy atom. The molecular weight excluding hydrogens is 342 g/mol. The van der Waals surface area contributed by atoms with Crippen LogP contribution in [0.4, 0.5) is 11.4 Å². The first-order chi connectivity index (χ1) is 13.1. The summed E-state index contributed by atoms with van der Waals surface area (Å²) in [6.07, 6.45) is -0.180. The summed E-state index contributed by atoms with van der Waals surface area (Å²) < 4.78 is 5.39. The van der Waals surface area contributed by atoms with Gasteiger partial charge in [-0.25, -0.2) is 0 Å². The molecule has 1 heterocycles. The standard InChI is InChI=1S/C21H25N3O3/c1-23(16-17-7-3-2-4-8-17)21(26)15-20(25)22-18-9-5-6-10-19(18)24-11-13-27-14-12-24/h2-10H,11-16H2,1H3,(H,22,25). The zero-order chi connectivity index (χ0) is 19.1. The van der Waals surface area contributed by atoms with Crippen molar-refractivity contribution in [2.45, 2.75) is 13.0 Å². The van der Waals surface area contributed by atoms with E-state index in [1.54, 1.807) is 11.9 Å². The van der Waals surface area contributed by atoms with Gasteiger partial charge in [0.25, 0.3) is 0 Å². The van der Waals surface area contributed by atoms with Crippen molar-refractivity contribution < 1.29 is 14.3 Å². The molecule has 0 aromatic heterocycles. The molecule has 1 saturated heterocycles. The van der Waals surface area contributed by atoms with E-state index in [0.717, 1.165) is 30.0 Å². The Balaban J connectivity index is 1.58. The Morgan fingerprint density at radius 3 is 2.44 bits per heavy atom. The van der Waals surface area contributed by atoms with Gasteiger partial charge in [0.15, 0.2) is 0 Å². The predicted octanol–water partition coefficient (Wildman–Crippen LogP) is 2.51. The molecule has 0 bridgehead atoms. The fraction of sp³-hybridized carbons (Fsp3) is 0.333. The maximum atomic E-state index is 12.4. The van der Waals surface area contributed by atoms with Crippen LogP contribution >= 0.6 is 0 Å². The van der Waals surface area contributed by atoms with Crippen molar-refractivity contribution in [2.75, 3.05) is 43.6 Å². The highest BCUT2D eigenvalue weighted by Gasteiger charge is 2.18. The lowest BCUT2D eigenvalue weighted by atomic mass is 10.2. The molecule has 0 radical (unpaired) electrons. The third kappa shape index (κ3) is 5.31. The van der Waals surface area contributed by atoms with E-state index in [1.165, 1.54) is 0 Å². The molecule has 142 valence electrons. The number of ether oxygens (including phenoxy) is 1. The Morgan fingerprint density at radius 2 is 1.70 bits per heavy atom. The molecule has 3 rings (SSSR count). The lowest BCUT2D eigenvalue weighted by molar-refractivity contribution is -0.133. The number of morpholine rings is 1. The molecule has 1 N–H and O–H groups in total. The van der Waals surface area contributed by atoms with Gasteiger partial charge >= 0.3 is 0 Å². The maximum Gasteiger partial charge on any atom is 0.233 e. The van der Waals surface area contributed by atoms with Crippen LogP contribution in [0.1, 0.15) is 12.0 Å². The quantitative estimate of drug-likeness (QED) is 0.797. The molecule has 2 amide bonds. The van der Waals surface area contributed by atoms with Crippen molar-refractivity contribution in [1.29, 1.82) is 0 Å². The van der Waals surface area contributed by atoms with E-state index in [4.69, 9.17) is 4.74 Å². The van der Waals surface area contributed by atoms with Gasteiger partial charge in [0, 0.05) is 26.7 Å².